The highest BCUT2D eigenvalue weighted by molar-refractivity contribution is 6.00. The van der Waals surface area contributed by atoms with Crippen LogP contribution in [0.25, 0.3) is 16.9 Å². The third-order valence-corrected chi connectivity index (χ3v) is 5.05. The minimum atomic E-state index is -0.274. The molecule has 1 aromatic heterocycles. The number of carbonyl (C=O) groups excluding carboxylic acids is 2. The number of aromatic nitrogens is 2. The molecule has 0 aliphatic heterocycles. The number of nitrogens with zero attached hydrogens (tertiary/aromatic N) is 2. The molecule has 1 heterocycles. The lowest BCUT2D eigenvalue weighted by molar-refractivity contribution is 0.0928. The maximum Gasteiger partial charge on any atom is 0.255 e. The lowest BCUT2D eigenvalue weighted by Crippen LogP contribution is -2.34. The van der Waals surface area contributed by atoms with Gasteiger partial charge in [-0.05, 0) is 36.4 Å². The van der Waals surface area contributed by atoms with Crippen LogP contribution in [0.5, 0.6) is 5.75 Å². The van der Waals surface area contributed by atoms with E-state index in [2.05, 4.69) is 15.7 Å². The van der Waals surface area contributed by atoms with Gasteiger partial charge in [-0.1, -0.05) is 48.5 Å². The van der Waals surface area contributed by atoms with E-state index in [0.717, 1.165) is 11.3 Å². The van der Waals surface area contributed by atoms with E-state index in [9.17, 15) is 9.59 Å². The van der Waals surface area contributed by atoms with E-state index < -0.39 is 0 Å². The summed E-state index contributed by atoms with van der Waals surface area (Å²) in [5, 5.41) is 10.4. The number of hydrogen-bond acceptors (Lipinski definition) is 4. The Morgan fingerprint density at radius 3 is 2.21 bits per heavy atom. The van der Waals surface area contributed by atoms with Crippen molar-refractivity contribution in [2.75, 3.05) is 20.2 Å². The topological polar surface area (TPSA) is 85.2 Å². The van der Waals surface area contributed by atoms with Crippen LogP contribution in [0.3, 0.4) is 0 Å². The van der Waals surface area contributed by atoms with Crippen LogP contribution in [0.2, 0.25) is 0 Å². The van der Waals surface area contributed by atoms with Crippen molar-refractivity contribution < 1.29 is 14.3 Å². The number of nitrogens with one attached hydrogen (secondary N) is 2. The Morgan fingerprint density at radius 1 is 0.848 bits per heavy atom. The SMILES string of the molecule is COc1cccc(-c2nn(-c3ccccc3)cc2C(=O)NCCNC(=O)c2ccccc2)c1. The molecule has 0 saturated heterocycles. The van der Waals surface area contributed by atoms with Crippen molar-refractivity contribution in [1.29, 1.82) is 0 Å². The van der Waals surface area contributed by atoms with Gasteiger partial charge >= 0.3 is 0 Å². The predicted molar refractivity (Wildman–Crippen MR) is 127 cm³/mol. The van der Waals surface area contributed by atoms with Gasteiger partial charge in [-0.15, -0.1) is 0 Å². The molecule has 3 aromatic carbocycles. The molecule has 0 saturated carbocycles. The molecular formula is C26H24N4O3. The summed E-state index contributed by atoms with van der Waals surface area (Å²) in [6.45, 7) is 0.590. The van der Waals surface area contributed by atoms with Gasteiger partial charge in [0.2, 0.25) is 0 Å². The van der Waals surface area contributed by atoms with Crippen molar-refractivity contribution in [3.05, 3.63) is 102 Å². The molecule has 2 amide bonds. The van der Waals surface area contributed by atoms with Gasteiger partial charge in [-0.25, -0.2) is 4.68 Å². The van der Waals surface area contributed by atoms with Gasteiger partial charge in [-0.2, -0.15) is 5.10 Å². The first kappa shape index (κ1) is 21.8. The average molecular weight is 441 g/mol. The maximum atomic E-state index is 13.0. The minimum absolute atomic E-state index is 0.182. The number of para-hydroxylation sites is 1. The van der Waals surface area contributed by atoms with E-state index in [1.165, 1.54) is 0 Å². The Hall–Kier alpha value is -4.39. The van der Waals surface area contributed by atoms with Crippen molar-refractivity contribution in [1.82, 2.24) is 20.4 Å². The van der Waals surface area contributed by atoms with Gasteiger partial charge in [-0.3, -0.25) is 9.59 Å². The van der Waals surface area contributed by atoms with Gasteiger partial charge in [0.25, 0.3) is 11.8 Å². The lowest BCUT2D eigenvalue weighted by Gasteiger charge is -2.08. The zero-order valence-corrected chi connectivity index (χ0v) is 18.2. The van der Waals surface area contributed by atoms with E-state index in [0.29, 0.717) is 29.1 Å². The molecule has 0 atom stereocenters. The fraction of sp³-hybridized carbons (Fsp3) is 0.115. The van der Waals surface area contributed by atoms with Crippen LogP contribution in [0, 0.1) is 0 Å². The molecule has 7 heteroatoms. The second-order valence-electron chi connectivity index (χ2n) is 7.28. The quantitative estimate of drug-likeness (QED) is 0.409. The molecule has 0 unspecified atom stereocenters. The molecule has 0 fully saturated rings. The molecule has 4 rings (SSSR count). The lowest BCUT2D eigenvalue weighted by atomic mass is 10.1. The van der Waals surface area contributed by atoms with Crippen LogP contribution < -0.4 is 15.4 Å². The third kappa shape index (κ3) is 5.27. The largest absolute Gasteiger partial charge is 0.497 e. The molecule has 0 aliphatic carbocycles. The summed E-state index contributed by atoms with van der Waals surface area (Å²) in [5.74, 6) is 0.222. The molecule has 33 heavy (non-hydrogen) atoms. The summed E-state index contributed by atoms with van der Waals surface area (Å²) in [7, 11) is 1.60. The molecule has 0 bridgehead atoms. The fourth-order valence-electron chi connectivity index (χ4n) is 3.38. The van der Waals surface area contributed by atoms with Crippen LogP contribution in [0.4, 0.5) is 0 Å². The molecule has 7 nitrogen and oxygen atoms in total. The first-order chi connectivity index (χ1) is 16.2. The Kier molecular flexibility index (Phi) is 6.80. The average Bonchev–Trinajstić information content (AvgIpc) is 3.33. The molecular weight excluding hydrogens is 416 g/mol. The van der Waals surface area contributed by atoms with Crippen molar-refractivity contribution in [2.24, 2.45) is 0 Å². The fourth-order valence-corrected chi connectivity index (χ4v) is 3.38. The van der Waals surface area contributed by atoms with E-state index in [4.69, 9.17) is 4.74 Å². The first-order valence-corrected chi connectivity index (χ1v) is 10.6. The molecule has 2 N–H and O–H groups in total. The van der Waals surface area contributed by atoms with Crippen molar-refractivity contribution >= 4 is 11.8 Å². The van der Waals surface area contributed by atoms with Crippen LogP contribution in [0.1, 0.15) is 20.7 Å². The molecule has 166 valence electrons. The van der Waals surface area contributed by atoms with Gasteiger partial charge in [0.15, 0.2) is 0 Å². The zero-order valence-electron chi connectivity index (χ0n) is 18.2. The van der Waals surface area contributed by atoms with E-state index in [-0.39, 0.29) is 18.4 Å². The summed E-state index contributed by atoms with van der Waals surface area (Å²) in [6, 6.07) is 26.0. The molecule has 0 aliphatic rings. The second-order valence-corrected chi connectivity index (χ2v) is 7.28. The molecule has 0 radical (unpaired) electrons. The Morgan fingerprint density at radius 2 is 1.52 bits per heavy atom. The molecule has 0 spiro atoms. The number of benzene rings is 3. The van der Waals surface area contributed by atoms with Gasteiger partial charge in [0.1, 0.15) is 11.4 Å². The summed E-state index contributed by atoms with van der Waals surface area (Å²) < 4.78 is 7.01. The smallest absolute Gasteiger partial charge is 0.255 e. The van der Waals surface area contributed by atoms with Crippen LogP contribution in [-0.4, -0.2) is 41.8 Å². The normalized spacial score (nSPS) is 10.5. The van der Waals surface area contributed by atoms with Crippen LogP contribution in [0.15, 0.2) is 91.1 Å². The summed E-state index contributed by atoms with van der Waals surface area (Å²) >= 11 is 0. The number of ether oxygens (including phenoxy) is 1. The summed E-state index contributed by atoms with van der Waals surface area (Å²) in [4.78, 5) is 25.2. The summed E-state index contributed by atoms with van der Waals surface area (Å²) in [5.41, 5.74) is 3.17. The van der Waals surface area contributed by atoms with Crippen LogP contribution in [-0.2, 0) is 0 Å². The number of carbonyl (C=O) groups is 2. The van der Waals surface area contributed by atoms with Crippen LogP contribution >= 0.6 is 0 Å². The Bertz CT molecular complexity index is 1240. The van der Waals surface area contributed by atoms with Gasteiger partial charge in [0.05, 0.1) is 18.4 Å². The highest BCUT2D eigenvalue weighted by Gasteiger charge is 2.19. The third-order valence-electron chi connectivity index (χ3n) is 5.05. The predicted octanol–water partition coefficient (Wildman–Crippen LogP) is 3.71. The standard InChI is InChI=1S/C26H24N4O3/c1-33-22-14-8-11-20(17-22)24-23(18-30(29-24)21-12-6-3-7-13-21)26(32)28-16-15-27-25(31)19-9-4-2-5-10-19/h2-14,17-18H,15-16H2,1H3,(H,27,31)(H,28,32). The maximum absolute atomic E-state index is 13.0. The second kappa shape index (κ2) is 10.3. The highest BCUT2D eigenvalue weighted by Crippen LogP contribution is 2.27. The van der Waals surface area contributed by atoms with E-state index in [1.54, 1.807) is 42.3 Å². The van der Waals surface area contributed by atoms with Gasteiger partial charge in [0, 0.05) is 30.4 Å². The van der Waals surface area contributed by atoms with Gasteiger partial charge < -0.3 is 15.4 Å². The number of methoxy groups -OCH3 is 1. The number of amides is 2. The zero-order chi connectivity index (χ0) is 23.0. The van der Waals surface area contributed by atoms with E-state index >= 15 is 0 Å². The van der Waals surface area contributed by atoms with Crippen molar-refractivity contribution in [3.8, 4) is 22.7 Å². The molecule has 4 aromatic rings. The number of hydrogen-bond donors (Lipinski definition) is 2. The highest BCUT2D eigenvalue weighted by atomic mass is 16.5. The first-order valence-electron chi connectivity index (χ1n) is 10.6. The summed E-state index contributed by atoms with van der Waals surface area (Å²) in [6.07, 6.45) is 1.71. The minimum Gasteiger partial charge on any atom is -0.497 e. The van der Waals surface area contributed by atoms with E-state index in [1.807, 2.05) is 60.7 Å². The Balaban J connectivity index is 1.50. The van der Waals surface area contributed by atoms with Crippen molar-refractivity contribution in [3.63, 3.8) is 0 Å². The van der Waals surface area contributed by atoms with Crippen molar-refractivity contribution in [2.45, 2.75) is 0 Å². The number of rotatable bonds is 8. The monoisotopic (exact) mass is 440 g/mol. The Labute approximate surface area is 192 Å².